The fourth-order valence-electron chi connectivity index (χ4n) is 10.7. The molecule has 0 aromatic carbocycles. The number of nitrogens with zero attached hydrogens (tertiary/aromatic N) is 14. The Kier molecular flexibility index (Phi) is 25.6. The number of aliphatic hydroxyl groups is 3. The summed E-state index contributed by atoms with van der Waals surface area (Å²) < 4.78 is 133. The van der Waals surface area contributed by atoms with Gasteiger partial charge in [0.15, 0.2) is 81.2 Å². The van der Waals surface area contributed by atoms with E-state index >= 15 is 0 Å². The van der Waals surface area contributed by atoms with Gasteiger partial charge >= 0.3 is 12.2 Å². The van der Waals surface area contributed by atoms with Crippen molar-refractivity contribution in [1.29, 1.82) is 0 Å². The second-order valence-electron chi connectivity index (χ2n) is 25.5. The Balaban J connectivity index is 0.000000189. The summed E-state index contributed by atoms with van der Waals surface area (Å²) in [4.78, 5) is 66.5. The second kappa shape index (κ2) is 32.6. The van der Waals surface area contributed by atoms with Crippen molar-refractivity contribution in [2.75, 3.05) is 66.2 Å². The lowest BCUT2D eigenvalue weighted by molar-refractivity contribution is -0.199. The molecule has 0 spiro atoms. The number of nitrogens with one attached hydrogen (secondary N) is 1. The van der Waals surface area contributed by atoms with Gasteiger partial charge in [0, 0.05) is 16.6 Å². The Bertz CT molecular complexity index is 4550. The van der Waals surface area contributed by atoms with Crippen LogP contribution in [0.15, 0.2) is 61.9 Å². The Labute approximate surface area is 602 Å². The molecule has 12 atom stereocenters. The molecule has 5 aliphatic heterocycles. The maximum atomic E-state index is 12.9. The zero-order chi connectivity index (χ0) is 76.0. The number of aliphatic hydroxyl groups excluding tert-OH is 3. The molecular formula is C61H77Cl2N15O22S3. The van der Waals surface area contributed by atoms with E-state index in [2.05, 4.69) is 85.3 Å². The van der Waals surface area contributed by atoms with Crippen LogP contribution in [0.25, 0.3) is 33.5 Å². The average molecular weight is 1540 g/mol. The van der Waals surface area contributed by atoms with Crippen molar-refractivity contribution in [3.8, 4) is 37.0 Å². The molecule has 560 valence electrons. The fourth-order valence-corrected chi connectivity index (χ4v) is 12.8. The zero-order valence-electron chi connectivity index (χ0n) is 57.2. The number of alkyl halides is 1. The number of carbonyl (C=O) groups is 2. The van der Waals surface area contributed by atoms with Gasteiger partial charge in [0.2, 0.25) is 9.05 Å². The van der Waals surface area contributed by atoms with Crippen LogP contribution in [0.1, 0.15) is 87.9 Å². The molecular weight excluding hydrogens is 1460 g/mol. The highest BCUT2D eigenvalue weighted by Gasteiger charge is 2.58. The summed E-state index contributed by atoms with van der Waals surface area (Å²) in [7, 11) is -6.48. The van der Waals surface area contributed by atoms with E-state index in [-0.39, 0.29) is 61.6 Å². The van der Waals surface area contributed by atoms with E-state index in [0.29, 0.717) is 44.6 Å². The molecule has 0 radical (unpaired) electrons. The molecule has 42 heteroatoms. The summed E-state index contributed by atoms with van der Waals surface area (Å²) in [5.41, 5.74) is 0.617. The van der Waals surface area contributed by atoms with E-state index in [9.17, 15) is 50.2 Å². The van der Waals surface area contributed by atoms with E-state index in [0.717, 1.165) is 0 Å². The molecule has 6 aromatic rings. The van der Waals surface area contributed by atoms with Gasteiger partial charge in [-0.15, -0.1) is 30.9 Å². The molecule has 5 saturated heterocycles. The van der Waals surface area contributed by atoms with Crippen molar-refractivity contribution in [3.05, 3.63) is 61.9 Å². The first-order valence-electron chi connectivity index (χ1n) is 31.0. The van der Waals surface area contributed by atoms with Crippen molar-refractivity contribution < 1.29 is 101 Å². The second-order valence-corrected chi connectivity index (χ2v) is 31.9. The molecule has 2 amide bonds. The monoisotopic (exact) mass is 1540 g/mol. The van der Waals surface area contributed by atoms with Crippen molar-refractivity contribution in [3.63, 3.8) is 0 Å². The number of anilines is 3. The summed E-state index contributed by atoms with van der Waals surface area (Å²) in [6.07, 6.45) is 13.2. The van der Waals surface area contributed by atoms with Gasteiger partial charge in [-0.3, -0.25) is 22.1 Å². The first-order valence-corrected chi connectivity index (χ1v) is 36.9. The SMILES string of the molecule is C#CCN(C(=O)OC(C)(C)C)c1ncnc2c1ncn2[C@@H]1O[C@H](CO)[C@H]2OC(C)(C)O[C@H]21.C#CCN(C(=O)OC(C)(C)C)c1ncnc2c1ncn2[C@@H]1O[C@H](COS(=O)(=O)C=C)[C@H]2OC(C)(C)O[C@H]21.C#CCNc1ncnc2c1ncn2[C@@H]1O[C@H](COS(=O)(=O)C=C)[C@@H](O)[C@H]1O.O=S(=O)(Cl)CCCl. The third kappa shape index (κ3) is 19.7. The van der Waals surface area contributed by atoms with Crippen molar-refractivity contribution in [2.45, 2.75) is 166 Å². The van der Waals surface area contributed by atoms with Crippen LogP contribution in [0.3, 0.4) is 0 Å². The first-order chi connectivity index (χ1) is 48.2. The van der Waals surface area contributed by atoms with Crippen LogP contribution in [0.2, 0.25) is 0 Å². The summed E-state index contributed by atoms with van der Waals surface area (Å²) >= 11 is 5.02. The first kappa shape index (κ1) is 80.8. The number of rotatable bonds is 20. The minimum atomic E-state index is -3.94. The van der Waals surface area contributed by atoms with E-state index in [1.165, 1.54) is 52.3 Å². The highest BCUT2D eigenvalue weighted by atomic mass is 35.7. The summed E-state index contributed by atoms with van der Waals surface area (Å²) in [6.45, 7) is 23.0. The number of terminal acetylenes is 3. The van der Waals surface area contributed by atoms with Crippen molar-refractivity contribution in [2.24, 2.45) is 0 Å². The number of hydrogen-bond donors (Lipinski definition) is 4. The van der Waals surface area contributed by atoms with Crippen LogP contribution < -0.4 is 15.1 Å². The standard InChI is InChI=1S/C23H29N5O8S.C21H27N5O6.C15H17N5O6S.C2H4Cl2O2S/c1-8-10-27(21(29)36-22(3,4)5)18-15-19(25-12-24-18)28(13-26-15)20-17-16(34-23(6,7)35-17)14(33-20)11-32-37(30,31)9-2;1-7-8-25(19(28)32-20(2,3)4)16-13-17(23-10-22-16)26(11-24-13)18-15-14(12(9-27)29-18)30-21(5,6)31-15;1-3-5-16-13-10-14(18-7-17-13)20(8-19-10)15-12(22)11(21)9(26-15)6-25-27(23,24)4-2;3-1-2-7(4,5)6/h1,9,12-14,16-17,20H,2,10-11H2,3-7H3;1,10-12,14-15,18,27H,8-9H2,2-6H3;1,4,7-9,11-12,15,21-22H,2,5-6H2,(H,16,17,18);1-2H2/t14-,16-,17-,20-;12-,14-,15-,18-;9-,11-,12-,15-;/m111./s1. The molecule has 37 nitrogen and oxygen atoms in total. The van der Waals surface area contributed by atoms with Gasteiger partial charge in [-0.1, -0.05) is 30.9 Å². The van der Waals surface area contributed by atoms with Crippen LogP contribution in [0.5, 0.6) is 0 Å². The Morgan fingerprint density at radius 1 is 0.612 bits per heavy atom. The average Bonchev–Trinajstić information content (AvgIpc) is 1.60. The van der Waals surface area contributed by atoms with E-state index in [1.54, 1.807) is 64.5 Å². The van der Waals surface area contributed by atoms with E-state index in [4.69, 9.17) is 88.4 Å². The minimum Gasteiger partial charge on any atom is -0.443 e. The number of hydrogen-bond acceptors (Lipinski definition) is 32. The maximum Gasteiger partial charge on any atom is 0.416 e. The van der Waals surface area contributed by atoms with Gasteiger partial charge in [-0.2, -0.15) is 16.8 Å². The molecule has 11 heterocycles. The number of halogens is 2. The van der Waals surface area contributed by atoms with Crippen LogP contribution in [0, 0.1) is 37.0 Å². The summed E-state index contributed by atoms with van der Waals surface area (Å²) in [5, 5.41) is 34.5. The molecule has 0 saturated carbocycles. The quantitative estimate of drug-likeness (QED) is 0.0368. The molecule has 5 aliphatic rings. The van der Waals surface area contributed by atoms with Gasteiger partial charge in [-0.25, -0.2) is 72.7 Å². The zero-order valence-corrected chi connectivity index (χ0v) is 61.2. The lowest BCUT2D eigenvalue weighted by atomic mass is 10.1. The smallest absolute Gasteiger partial charge is 0.416 e. The number of amides is 2. The Morgan fingerprint density at radius 2 is 1.01 bits per heavy atom. The minimum absolute atomic E-state index is 0.0593. The third-order valence-corrected chi connectivity index (χ3v) is 18.1. The number of aromatic nitrogens is 12. The molecule has 0 bridgehead atoms. The summed E-state index contributed by atoms with van der Waals surface area (Å²) in [6, 6.07) is 0. The topological polar surface area (TPSA) is 448 Å². The number of imidazole rings is 3. The van der Waals surface area contributed by atoms with Crippen LogP contribution >= 0.6 is 22.3 Å². The molecule has 11 rings (SSSR count). The molecule has 0 aliphatic carbocycles. The van der Waals surface area contributed by atoms with Crippen molar-refractivity contribution >= 4 is 115 Å². The van der Waals surface area contributed by atoms with Gasteiger partial charge in [0.25, 0.3) is 20.2 Å². The summed E-state index contributed by atoms with van der Waals surface area (Å²) in [5.74, 6) is 6.22. The Hall–Kier alpha value is -7.90. The number of fused-ring (bicyclic) bond motifs is 5. The molecule has 6 aromatic heterocycles. The predicted molar refractivity (Wildman–Crippen MR) is 367 cm³/mol. The lowest BCUT2D eigenvalue weighted by Gasteiger charge is -2.26. The van der Waals surface area contributed by atoms with Crippen LogP contribution in [-0.2, 0) is 80.3 Å². The highest BCUT2D eigenvalue weighted by Crippen LogP contribution is 2.46. The Morgan fingerprint density at radius 3 is 1.42 bits per heavy atom. The maximum absolute atomic E-state index is 12.9. The van der Waals surface area contributed by atoms with Crippen LogP contribution in [0.4, 0.5) is 27.0 Å². The van der Waals surface area contributed by atoms with Gasteiger partial charge in [0.1, 0.15) is 85.1 Å². The predicted octanol–water partition coefficient (Wildman–Crippen LogP) is 3.49. The van der Waals surface area contributed by atoms with Gasteiger partial charge in [-0.05, 0) is 69.2 Å². The van der Waals surface area contributed by atoms with Gasteiger partial charge in [0.05, 0.1) is 75.0 Å². The van der Waals surface area contributed by atoms with E-state index in [1.807, 2.05) is 13.8 Å². The highest BCUT2D eigenvalue weighted by molar-refractivity contribution is 8.13. The van der Waals surface area contributed by atoms with Crippen molar-refractivity contribution in [1.82, 2.24) is 58.6 Å². The van der Waals surface area contributed by atoms with Gasteiger partial charge < -0.3 is 63.3 Å². The normalized spacial score (nSPS) is 24.7. The van der Waals surface area contributed by atoms with Crippen LogP contribution in [-0.4, -0.2) is 240 Å². The van der Waals surface area contributed by atoms with E-state index < -0.39 is 144 Å². The number of ether oxygens (including phenoxy) is 9. The molecule has 0 unspecified atom stereocenters. The molecule has 4 N–H and O–H groups in total. The largest absolute Gasteiger partial charge is 0.443 e. The fraction of sp³-hybridized carbons (Fsp3) is 0.557. The third-order valence-electron chi connectivity index (χ3n) is 14.7. The molecule has 103 heavy (non-hydrogen) atoms. The number of carbonyl (C=O) groups excluding carboxylic acids is 2. The lowest BCUT2D eigenvalue weighted by Crippen LogP contribution is -2.37. The molecule has 5 fully saturated rings.